The molecule has 12 nitrogen and oxygen atoms in total. The highest BCUT2D eigenvalue weighted by molar-refractivity contribution is 6.18. The van der Waals surface area contributed by atoms with Crippen molar-refractivity contribution in [2.24, 2.45) is 4.99 Å². The SMILES string of the molecule is CC(C)Oc1cc2c(cc1NC(=O)/C(C=N)=C1\N=CC=CN1)CN(C1CCN(CC3(F)CN(C(=O)OC(C)(C)C)C3)CC1)C2=O. The Morgan fingerprint density at radius 1 is 1.24 bits per heavy atom. The number of hydrogen-bond donors (Lipinski definition) is 3. The number of rotatable bonds is 8. The molecule has 0 saturated carbocycles. The van der Waals surface area contributed by atoms with Gasteiger partial charge in [0.25, 0.3) is 11.8 Å². The largest absolute Gasteiger partial charge is 0.489 e. The van der Waals surface area contributed by atoms with E-state index >= 15 is 4.39 Å². The third-order valence-corrected chi connectivity index (χ3v) is 8.00. The van der Waals surface area contributed by atoms with Gasteiger partial charge in [-0.15, -0.1) is 0 Å². The van der Waals surface area contributed by atoms with Crippen LogP contribution in [-0.2, 0) is 16.1 Å². The van der Waals surface area contributed by atoms with Crippen LogP contribution in [-0.4, -0.2) is 101 Å². The zero-order chi connectivity index (χ0) is 32.5. The molecular weight excluding hydrogens is 581 g/mol. The molecule has 0 radical (unpaired) electrons. The number of carbonyl (C=O) groups excluding carboxylic acids is 3. The Bertz CT molecular complexity index is 1450. The molecule has 0 aliphatic carbocycles. The Morgan fingerprint density at radius 3 is 2.56 bits per heavy atom. The number of anilines is 1. The first-order chi connectivity index (χ1) is 21.2. The highest BCUT2D eigenvalue weighted by atomic mass is 19.1. The second kappa shape index (κ2) is 12.6. The predicted octanol–water partition coefficient (Wildman–Crippen LogP) is 3.84. The molecule has 2 fully saturated rings. The number of alkyl halides is 1. The van der Waals surface area contributed by atoms with E-state index in [1.165, 1.54) is 11.1 Å². The van der Waals surface area contributed by atoms with Gasteiger partial charge in [0, 0.05) is 56.4 Å². The zero-order valence-corrected chi connectivity index (χ0v) is 26.5. The molecule has 13 heteroatoms. The van der Waals surface area contributed by atoms with E-state index in [-0.39, 0.29) is 49.1 Å². The molecule has 4 aliphatic rings. The van der Waals surface area contributed by atoms with Gasteiger partial charge in [-0.1, -0.05) is 0 Å². The molecule has 45 heavy (non-hydrogen) atoms. The second-order valence-electron chi connectivity index (χ2n) is 13.2. The molecule has 0 unspecified atom stereocenters. The van der Waals surface area contributed by atoms with Crippen LogP contribution in [0.1, 0.15) is 63.4 Å². The molecule has 2 saturated heterocycles. The van der Waals surface area contributed by atoms with Gasteiger partial charge in [0.05, 0.1) is 30.5 Å². The van der Waals surface area contributed by atoms with E-state index in [1.54, 1.807) is 45.2 Å². The maximum absolute atomic E-state index is 15.4. The first-order valence-corrected chi connectivity index (χ1v) is 15.3. The number of aliphatic imine (C=N–C) groups is 1. The number of allylic oxidation sites excluding steroid dienone is 1. The van der Waals surface area contributed by atoms with Crippen LogP contribution in [0.25, 0.3) is 0 Å². The van der Waals surface area contributed by atoms with Gasteiger partial charge in [-0.3, -0.25) is 14.5 Å². The maximum Gasteiger partial charge on any atom is 0.410 e. The third kappa shape index (κ3) is 7.35. The number of halogens is 1. The minimum absolute atomic E-state index is 0.0126. The Morgan fingerprint density at radius 2 is 1.96 bits per heavy atom. The van der Waals surface area contributed by atoms with E-state index in [2.05, 4.69) is 20.5 Å². The summed E-state index contributed by atoms with van der Waals surface area (Å²) in [5.41, 5.74) is -0.345. The number of amides is 3. The molecule has 1 aromatic rings. The van der Waals surface area contributed by atoms with Gasteiger partial charge in [0.2, 0.25) is 0 Å². The molecule has 4 heterocycles. The Labute approximate surface area is 262 Å². The Hall–Kier alpha value is -4.26. The van der Waals surface area contributed by atoms with E-state index in [0.29, 0.717) is 49.5 Å². The molecule has 3 amide bonds. The van der Waals surface area contributed by atoms with Crippen LogP contribution in [0.15, 0.2) is 40.8 Å². The van der Waals surface area contributed by atoms with E-state index in [1.807, 2.05) is 18.7 Å². The summed E-state index contributed by atoms with van der Waals surface area (Å²) in [6.07, 6.45) is 6.45. The Kier molecular flexibility index (Phi) is 9.02. The van der Waals surface area contributed by atoms with Gasteiger partial charge in [-0.2, -0.15) is 0 Å². The number of fused-ring (bicyclic) bond motifs is 1. The van der Waals surface area contributed by atoms with Crippen molar-refractivity contribution in [1.29, 1.82) is 5.41 Å². The average Bonchev–Trinajstić information content (AvgIpc) is 3.27. The summed E-state index contributed by atoms with van der Waals surface area (Å²) in [6, 6.07) is 3.43. The highest BCUT2D eigenvalue weighted by Crippen LogP contribution is 2.37. The molecule has 0 bridgehead atoms. The quantitative estimate of drug-likeness (QED) is 0.295. The van der Waals surface area contributed by atoms with Crippen molar-refractivity contribution in [3.05, 3.63) is 46.9 Å². The van der Waals surface area contributed by atoms with Crippen LogP contribution in [0.2, 0.25) is 0 Å². The molecule has 242 valence electrons. The lowest BCUT2D eigenvalue weighted by Crippen LogP contribution is -2.66. The third-order valence-electron chi connectivity index (χ3n) is 8.00. The maximum atomic E-state index is 15.4. The summed E-state index contributed by atoms with van der Waals surface area (Å²) < 4.78 is 26.7. The molecule has 3 N–H and O–H groups in total. The van der Waals surface area contributed by atoms with Crippen molar-refractivity contribution in [2.45, 2.75) is 77.4 Å². The van der Waals surface area contributed by atoms with Crippen molar-refractivity contribution < 1.29 is 28.2 Å². The van der Waals surface area contributed by atoms with Crippen LogP contribution < -0.4 is 15.4 Å². The summed E-state index contributed by atoms with van der Waals surface area (Å²) in [5, 5.41) is 13.5. The molecular formula is C32H42FN7O5. The molecule has 0 atom stereocenters. The molecule has 0 spiro atoms. The summed E-state index contributed by atoms with van der Waals surface area (Å²) >= 11 is 0. The number of benzene rings is 1. The van der Waals surface area contributed by atoms with Crippen molar-refractivity contribution >= 4 is 36.0 Å². The van der Waals surface area contributed by atoms with Crippen LogP contribution in [0.3, 0.4) is 0 Å². The highest BCUT2D eigenvalue weighted by Gasteiger charge is 2.48. The van der Waals surface area contributed by atoms with E-state index in [9.17, 15) is 14.4 Å². The smallest absolute Gasteiger partial charge is 0.410 e. The lowest BCUT2D eigenvalue weighted by Gasteiger charge is -2.47. The van der Waals surface area contributed by atoms with E-state index < -0.39 is 23.3 Å². The summed E-state index contributed by atoms with van der Waals surface area (Å²) in [7, 11) is 0. The predicted molar refractivity (Wildman–Crippen MR) is 168 cm³/mol. The molecule has 4 aliphatic heterocycles. The minimum atomic E-state index is -1.47. The molecule has 1 aromatic carbocycles. The number of carbonyl (C=O) groups is 3. The minimum Gasteiger partial charge on any atom is -0.489 e. The lowest BCUT2D eigenvalue weighted by molar-refractivity contribution is -0.112. The van der Waals surface area contributed by atoms with Crippen LogP contribution in [0, 0.1) is 5.41 Å². The standard InChI is InChI=1S/C32H42FN7O5/c1-20(2)44-26-14-23-21(13-25(26)37-28(41)24(15-34)27-35-9-6-10-36-27)16-40(29(23)42)22-7-11-38(12-8-22)17-32(33)18-39(19-32)30(43)45-31(3,4)5/h6,9-10,13-15,20,22,34-35H,7-8,11-12,16-19H2,1-5H3,(H,37,41)/b27-24-,34-15?. The Balaban J connectivity index is 1.21. The zero-order valence-electron chi connectivity index (χ0n) is 26.5. The van der Waals surface area contributed by atoms with Crippen LogP contribution in [0.4, 0.5) is 14.9 Å². The van der Waals surface area contributed by atoms with E-state index in [0.717, 1.165) is 11.8 Å². The van der Waals surface area contributed by atoms with Gasteiger partial charge < -0.3 is 35.3 Å². The van der Waals surface area contributed by atoms with Crippen LogP contribution >= 0.6 is 0 Å². The summed E-state index contributed by atoms with van der Waals surface area (Å²) in [6.45, 7) is 11.0. The van der Waals surface area contributed by atoms with Gasteiger partial charge >= 0.3 is 6.09 Å². The van der Waals surface area contributed by atoms with Gasteiger partial charge in [-0.25, -0.2) is 14.2 Å². The fourth-order valence-electron chi connectivity index (χ4n) is 6.00. The van der Waals surface area contributed by atoms with E-state index in [4.69, 9.17) is 14.9 Å². The number of piperidine rings is 1. The number of hydrogen-bond acceptors (Lipinski definition) is 9. The first-order valence-electron chi connectivity index (χ1n) is 15.3. The molecule has 5 rings (SSSR count). The number of likely N-dealkylation sites (tertiary alicyclic amines) is 2. The number of nitrogens with one attached hydrogen (secondary N) is 3. The first kappa shape index (κ1) is 32.1. The van der Waals surface area contributed by atoms with Crippen molar-refractivity contribution in [2.75, 3.05) is 38.0 Å². The summed E-state index contributed by atoms with van der Waals surface area (Å²) in [4.78, 5) is 48.4. The fourth-order valence-corrected chi connectivity index (χ4v) is 6.00. The van der Waals surface area contributed by atoms with Gasteiger partial charge in [0.1, 0.15) is 17.2 Å². The van der Waals surface area contributed by atoms with Gasteiger partial charge in [-0.05, 0) is 71.2 Å². The molecule has 0 aromatic heterocycles. The monoisotopic (exact) mass is 623 g/mol. The lowest BCUT2D eigenvalue weighted by atomic mass is 9.94. The topological polar surface area (TPSA) is 140 Å². The fraction of sp³-hybridized carbons (Fsp3) is 0.531. The second-order valence-corrected chi connectivity index (χ2v) is 13.2. The summed E-state index contributed by atoms with van der Waals surface area (Å²) in [5.74, 6) is -0.0146. The average molecular weight is 624 g/mol. The van der Waals surface area contributed by atoms with Crippen LogP contribution in [0.5, 0.6) is 5.75 Å². The van der Waals surface area contributed by atoms with Crippen molar-refractivity contribution in [3.63, 3.8) is 0 Å². The van der Waals surface area contributed by atoms with Crippen molar-refractivity contribution in [3.8, 4) is 5.75 Å². The normalized spacial score (nSPS) is 20.8. The van der Waals surface area contributed by atoms with Crippen molar-refractivity contribution in [1.82, 2.24) is 20.0 Å². The number of nitrogens with zero attached hydrogens (tertiary/aromatic N) is 4. The number of ether oxygens (including phenoxy) is 2. The van der Waals surface area contributed by atoms with Gasteiger partial charge in [0.15, 0.2) is 5.67 Å².